The van der Waals surface area contributed by atoms with Crippen molar-refractivity contribution in [1.82, 2.24) is 20.1 Å². The summed E-state index contributed by atoms with van der Waals surface area (Å²) in [5, 5.41) is 18.1. The maximum atomic E-state index is 13.3. The van der Waals surface area contributed by atoms with Crippen LogP contribution in [0.5, 0.6) is 0 Å². The highest BCUT2D eigenvalue weighted by atomic mass is 32.2. The number of nitrogens with one attached hydrogen (secondary N) is 1. The molecule has 0 spiro atoms. The van der Waals surface area contributed by atoms with Crippen LogP contribution >= 0.6 is 23.1 Å². The first-order valence-electron chi connectivity index (χ1n) is 13.5. The van der Waals surface area contributed by atoms with E-state index in [1.165, 1.54) is 16.7 Å². The number of thioether (sulfide) groups is 1. The Balaban J connectivity index is 1.20. The number of fused-ring (bicyclic) bond motifs is 1. The van der Waals surface area contributed by atoms with Crippen LogP contribution in [0.4, 0.5) is 5.13 Å². The van der Waals surface area contributed by atoms with Crippen LogP contribution in [-0.2, 0) is 24.0 Å². The second-order valence-electron chi connectivity index (χ2n) is 10.6. The van der Waals surface area contributed by atoms with Gasteiger partial charge in [-0.3, -0.25) is 19.3 Å². The molecule has 6 rings (SSSR count). The lowest BCUT2D eigenvalue weighted by Crippen LogP contribution is -2.71. The minimum Gasteiger partial charge on any atom is -0.477 e. The van der Waals surface area contributed by atoms with Crippen molar-refractivity contribution in [3.63, 3.8) is 0 Å². The molecule has 0 unspecified atom stereocenters. The van der Waals surface area contributed by atoms with Gasteiger partial charge < -0.3 is 25.9 Å². The molecule has 3 amide bonds. The highest BCUT2D eigenvalue weighted by molar-refractivity contribution is 8.00. The van der Waals surface area contributed by atoms with Gasteiger partial charge in [0.15, 0.2) is 10.8 Å². The van der Waals surface area contributed by atoms with Crippen molar-refractivity contribution >= 4 is 57.6 Å². The summed E-state index contributed by atoms with van der Waals surface area (Å²) in [5.74, 6) is -2.20. The van der Waals surface area contributed by atoms with Gasteiger partial charge in [0.1, 0.15) is 28.9 Å². The molecule has 12 nitrogen and oxygen atoms in total. The molecule has 14 heteroatoms. The van der Waals surface area contributed by atoms with E-state index < -0.39 is 29.2 Å². The number of nitrogens with zero attached hydrogens (tertiary/aromatic N) is 4. The Morgan fingerprint density at radius 3 is 2.65 bits per heavy atom. The number of hydrogen-bond acceptors (Lipinski definition) is 10. The number of carbonyl (C=O) groups excluding carboxylic acids is 3. The Bertz CT molecular complexity index is 1340. The Morgan fingerprint density at radius 1 is 1.20 bits per heavy atom. The summed E-state index contributed by atoms with van der Waals surface area (Å²) in [5.41, 5.74) is 6.79. The monoisotopic (exact) mass is 586 g/mol. The molecule has 1 aromatic rings. The molecule has 2 saturated heterocycles. The number of β-lactam (4-membered cyclic amide) rings is 1. The van der Waals surface area contributed by atoms with E-state index in [1.807, 2.05) is 4.90 Å². The fraction of sp³-hybridized carbons (Fsp3) is 0.538. The molecule has 0 radical (unpaired) electrons. The van der Waals surface area contributed by atoms with Crippen molar-refractivity contribution in [3.05, 3.63) is 34.0 Å². The van der Waals surface area contributed by atoms with E-state index in [-0.39, 0.29) is 46.0 Å². The van der Waals surface area contributed by atoms with Crippen molar-refractivity contribution in [2.75, 3.05) is 18.0 Å². The fourth-order valence-corrected chi connectivity index (χ4v) is 7.45. The van der Waals surface area contributed by atoms with Gasteiger partial charge >= 0.3 is 5.97 Å². The minimum absolute atomic E-state index is 0.0486. The SMILES string of the molecule is Nc1nc(C(=NOC2CCCC2)C(=O)N[C@@H]2C(=O)N3C(C(=O)O)=C(C=C4CCCN(C5CC5)C4=O)CS[C@H]23)cs1. The lowest BCUT2D eigenvalue weighted by atomic mass is 9.98. The van der Waals surface area contributed by atoms with Gasteiger partial charge in [-0.05, 0) is 63.0 Å². The molecular weight excluding hydrogens is 556 g/mol. The number of carboxylic acid groups (broad SMARTS) is 1. The zero-order valence-electron chi connectivity index (χ0n) is 21.7. The first kappa shape index (κ1) is 26.8. The number of likely N-dealkylation sites (tertiary alicyclic amines) is 1. The van der Waals surface area contributed by atoms with Crippen LogP contribution in [0.25, 0.3) is 0 Å². The third kappa shape index (κ3) is 5.09. The standard InChI is InChI=1S/C26H30N6O6S2/c27-26-28-17(12-40-26)18(30-38-16-5-1-2-6-16)21(33)29-19-23(35)32-20(25(36)37)14(11-39-24(19)32)10-13-4-3-9-31(22(13)34)15-7-8-15/h10,12,15-16,19,24H,1-9,11H2,(H2,27,28)(H,29,33)(H,36,37)/t19-,24-/m1/s1. The van der Waals surface area contributed by atoms with Crippen molar-refractivity contribution in [2.45, 2.75) is 74.9 Å². The second-order valence-corrected chi connectivity index (χ2v) is 12.6. The minimum atomic E-state index is -1.25. The number of carboxylic acids is 1. The Kier molecular flexibility index (Phi) is 7.29. The number of oxime groups is 1. The van der Waals surface area contributed by atoms with E-state index in [4.69, 9.17) is 10.6 Å². The summed E-state index contributed by atoms with van der Waals surface area (Å²) in [4.78, 5) is 64.7. The van der Waals surface area contributed by atoms with Crippen LogP contribution in [0.1, 0.15) is 57.1 Å². The third-order valence-electron chi connectivity index (χ3n) is 7.78. The number of anilines is 1. The molecule has 212 valence electrons. The Labute approximate surface area is 238 Å². The van der Waals surface area contributed by atoms with E-state index in [1.54, 1.807) is 11.5 Å². The lowest BCUT2D eigenvalue weighted by molar-refractivity contribution is -0.150. The first-order valence-corrected chi connectivity index (χ1v) is 15.4. The maximum Gasteiger partial charge on any atom is 0.352 e. The predicted molar refractivity (Wildman–Crippen MR) is 148 cm³/mol. The number of aliphatic carboxylic acids is 1. The molecule has 4 heterocycles. The van der Waals surface area contributed by atoms with Crippen LogP contribution < -0.4 is 11.1 Å². The molecule has 0 aromatic carbocycles. The number of allylic oxidation sites excluding steroid dienone is 1. The van der Waals surface area contributed by atoms with Crippen molar-refractivity contribution < 1.29 is 29.1 Å². The quantitative estimate of drug-likeness (QED) is 0.178. The van der Waals surface area contributed by atoms with E-state index in [0.29, 0.717) is 17.6 Å². The average molecular weight is 587 g/mol. The lowest BCUT2D eigenvalue weighted by Gasteiger charge is -2.49. The number of nitrogens with two attached hydrogens (primary N) is 1. The van der Waals surface area contributed by atoms with Gasteiger partial charge in [-0.25, -0.2) is 9.78 Å². The Morgan fingerprint density at radius 2 is 1.98 bits per heavy atom. The average Bonchev–Trinajstić information content (AvgIpc) is 3.47. The summed E-state index contributed by atoms with van der Waals surface area (Å²) >= 11 is 2.50. The zero-order valence-corrected chi connectivity index (χ0v) is 23.3. The smallest absolute Gasteiger partial charge is 0.352 e. The van der Waals surface area contributed by atoms with E-state index in [0.717, 1.165) is 62.8 Å². The van der Waals surface area contributed by atoms with Gasteiger partial charge in [0.25, 0.3) is 11.8 Å². The number of rotatable bonds is 8. The summed E-state index contributed by atoms with van der Waals surface area (Å²) in [6.45, 7) is 0.721. The largest absolute Gasteiger partial charge is 0.477 e. The molecule has 3 aliphatic heterocycles. The molecule has 1 aromatic heterocycles. The molecule has 40 heavy (non-hydrogen) atoms. The summed E-state index contributed by atoms with van der Waals surface area (Å²) in [6, 6.07) is -0.663. The van der Waals surface area contributed by atoms with Crippen LogP contribution in [0, 0.1) is 0 Å². The topological polar surface area (TPSA) is 168 Å². The molecular formula is C26H30N6O6S2. The Hall–Kier alpha value is -3.39. The molecule has 0 bridgehead atoms. The second kappa shape index (κ2) is 10.9. The molecule has 2 atom stereocenters. The molecule has 5 aliphatic rings. The van der Waals surface area contributed by atoms with E-state index >= 15 is 0 Å². The summed E-state index contributed by atoms with van der Waals surface area (Å²) in [6.07, 6.45) is 8.73. The van der Waals surface area contributed by atoms with Crippen molar-refractivity contribution in [2.24, 2.45) is 5.16 Å². The number of carbonyl (C=O) groups is 4. The van der Waals surface area contributed by atoms with Gasteiger partial charge in [-0.15, -0.1) is 23.1 Å². The van der Waals surface area contributed by atoms with Gasteiger partial charge in [0.2, 0.25) is 5.91 Å². The van der Waals surface area contributed by atoms with Gasteiger partial charge in [-0.1, -0.05) is 5.16 Å². The van der Waals surface area contributed by atoms with Crippen molar-refractivity contribution in [1.29, 1.82) is 0 Å². The maximum absolute atomic E-state index is 13.3. The first-order chi connectivity index (χ1) is 19.3. The van der Waals surface area contributed by atoms with Gasteiger partial charge in [0, 0.05) is 29.3 Å². The van der Waals surface area contributed by atoms with Crippen LogP contribution in [-0.4, -0.2) is 85.2 Å². The number of piperidine rings is 1. The zero-order chi connectivity index (χ0) is 28.0. The number of aromatic nitrogens is 1. The predicted octanol–water partition coefficient (Wildman–Crippen LogP) is 1.84. The third-order valence-corrected chi connectivity index (χ3v) is 9.75. The number of thiazole rings is 1. The van der Waals surface area contributed by atoms with E-state index in [2.05, 4.69) is 15.5 Å². The van der Waals surface area contributed by atoms with Gasteiger partial charge in [0.05, 0.1) is 0 Å². The highest BCUT2D eigenvalue weighted by Gasteiger charge is 2.54. The highest BCUT2D eigenvalue weighted by Crippen LogP contribution is 2.41. The molecule has 2 aliphatic carbocycles. The van der Waals surface area contributed by atoms with Crippen LogP contribution in [0.15, 0.2) is 33.5 Å². The normalized spacial score (nSPS) is 26.7. The number of nitrogen functional groups attached to an aromatic ring is 1. The number of amides is 3. The summed E-state index contributed by atoms with van der Waals surface area (Å²) in [7, 11) is 0. The molecule has 2 saturated carbocycles. The molecule has 4 fully saturated rings. The van der Waals surface area contributed by atoms with E-state index in [9.17, 15) is 24.3 Å². The van der Waals surface area contributed by atoms with Gasteiger partial charge in [-0.2, -0.15) is 0 Å². The molecule has 4 N–H and O–H groups in total. The van der Waals surface area contributed by atoms with Crippen LogP contribution in [0.3, 0.4) is 0 Å². The summed E-state index contributed by atoms with van der Waals surface area (Å²) < 4.78 is 0. The van der Waals surface area contributed by atoms with Crippen LogP contribution in [0.2, 0.25) is 0 Å². The van der Waals surface area contributed by atoms with Crippen molar-refractivity contribution in [3.8, 4) is 0 Å². The number of hydrogen-bond donors (Lipinski definition) is 3. The fourth-order valence-electron chi connectivity index (χ4n) is 5.60.